The average Bonchev–Trinajstić information content (AvgIpc) is 2.87. The van der Waals surface area contributed by atoms with Gasteiger partial charge in [0.1, 0.15) is 0 Å². The molecule has 96 valence electrons. The Hall–Kier alpha value is -1.88. The van der Waals surface area contributed by atoms with Crippen LogP contribution in [0.1, 0.15) is 13.3 Å². The second kappa shape index (κ2) is 6.16. The Morgan fingerprint density at radius 2 is 2.11 bits per heavy atom. The zero-order valence-electron chi connectivity index (χ0n) is 10.3. The molecule has 5 nitrogen and oxygen atoms in total. The van der Waals surface area contributed by atoms with Gasteiger partial charge < -0.3 is 14.9 Å². The Bertz CT molecular complexity index is 470. The predicted octanol–water partition coefficient (Wildman–Crippen LogP) is 2.17. The van der Waals surface area contributed by atoms with Crippen LogP contribution >= 0.6 is 0 Å². The molecule has 0 radical (unpaired) electrons. The van der Waals surface area contributed by atoms with E-state index in [1.54, 1.807) is 0 Å². The van der Waals surface area contributed by atoms with Crippen LogP contribution in [0.15, 0.2) is 34.9 Å². The van der Waals surface area contributed by atoms with E-state index >= 15 is 0 Å². The van der Waals surface area contributed by atoms with Crippen molar-refractivity contribution in [2.45, 2.75) is 13.3 Å². The quantitative estimate of drug-likeness (QED) is 0.818. The van der Waals surface area contributed by atoms with Crippen molar-refractivity contribution < 1.29 is 9.63 Å². The van der Waals surface area contributed by atoms with Crippen LogP contribution in [0.25, 0.3) is 11.5 Å². The van der Waals surface area contributed by atoms with Crippen LogP contribution in [0, 0.1) is 5.92 Å². The molecule has 0 spiro atoms. The second-order valence-electron chi connectivity index (χ2n) is 4.29. The van der Waals surface area contributed by atoms with Crippen LogP contribution in [-0.4, -0.2) is 28.4 Å². The monoisotopic (exact) mass is 247 g/mol. The fourth-order valence-corrected chi connectivity index (χ4v) is 1.58. The fourth-order valence-electron chi connectivity index (χ4n) is 1.58. The van der Waals surface area contributed by atoms with E-state index in [2.05, 4.69) is 22.4 Å². The van der Waals surface area contributed by atoms with Gasteiger partial charge >= 0.3 is 0 Å². The second-order valence-corrected chi connectivity index (χ2v) is 4.29. The summed E-state index contributed by atoms with van der Waals surface area (Å²) in [6.07, 6.45) is 0.760. The van der Waals surface area contributed by atoms with E-state index < -0.39 is 0 Å². The smallest absolute Gasteiger partial charge is 0.263 e. The largest absolute Gasteiger partial charge is 0.396 e. The van der Waals surface area contributed by atoms with E-state index in [9.17, 15) is 0 Å². The standard InChI is InChI=1S/C13H17N3O2/c1-10(7-8-17)9-14-13-15-12(18-16-13)11-5-3-2-4-6-11/h2-6,10,17H,7-9H2,1H3,(H,14,16)/t10-/m0/s1. The number of nitrogens with one attached hydrogen (secondary N) is 1. The first-order chi connectivity index (χ1) is 8.79. The lowest BCUT2D eigenvalue weighted by atomic mass is 10.1. The normalized spacial score (nSPS) is 12.3. The van der Waals surface area contributed by atoms with Gasteiger partial charge in [-0.15, -0.1) is 0 Å². The van der Waals surface area contributed by atoms with Crippen LogP contribution in [0.5, 0.6) is 0 Å². The Morgan fingerprint density at radius 1 is 1.33 bits per heavy atom. The maximum atomic E-state index is 8.81. The minimum Gasteiger partial charge on any atom is -0.396 e. The molecule has 2 aromatic rings. The molecule has 0 bridgehead atoms. The highest BCUT2D eigenvalue weighted by atomic mass is 16.5. The summed E-state index contributed by atoms with van der Waals surface area (Å²) in [5.41, 5.74) is 0.904. The van der Waals surface area contributed by atoms with Crippen LogP contribution in [0.4, 0.5) is 5.95 Å². The summed E-state index contributed by atoms with van der Waals surface area (Å²) >= 11 is 0. The van der Waals surface area contributed by atoms with Gasteiger partial charge in [-0.2, -0.15) is 4.98 Å². The van der Waals surface area contributed by atoms with Crippen molar-refractivity contribution in [1.82, 2.24) is 10.1 Å². The minimum absolute atomic E-state index is 0.199. The van der Waals surface area contributed by atoms with E-state index in [0.29, 0.717) is 24.3 Å². The molecule has 0 aliphatic heterocycles. The van der Waals surface area contributed by atoms with Gasteiger partial charge in [-0.3, -0.25) is 0 Å². The highest BCUT2D eigenvalue weighted by Crippen LogP contribution is 2.17. The third kappa shape index (κ3) is 3.30. The molecule has 0 fully saturated rings. The first-order valence-corrected chi connectivity index (χ1v) is 6.03. The zero-order chi connectivity index (χ0) is 12.8. The molecule has 5 heteroatoms. The van der Waals surface area contributed by atoms with Gasteiger partial charge in [0.05, 0.1) is 0 Å². The molecule has 1 atom stereocenters. The first-order valence-electron chi connectivity index (χ1n) is 6.03. The molecule has 0 amide bonds. The van der Waals surface area contributed by atoms with Crippen molar-refractivity contribution in [2.75, 3.05) is 18.5 Å². The molecule has 0 saturated heterocycles. The van der Waals surface area contributed by atoms with Gasteiger partial charge in [-0.25, -0.2) is 0 Å². The molecule has 1 aromatic heterocycles. The highest BCUT2D eigenvalue weighted by Gasteiger charge is 2.08. The van der Waals surface area contributed by atoms with E-state index in [1.165, 1.54) is 0 Å². The molecule has 2 N–H and O–H groups in total. The van der Waals surface area contributed by atoms with Crippen molar-refractivity contribution in [2.24, 2.45) is 5.92 Å². The van der Waals surface area contributed by atoms with Crippen LogP contribution in [-0.2, 0) is 0 Å². The number of aromatic nitrogens is 2. The summed E-state index contributed by atoms with van der Waals surface area (Å²) in [5.74, 6) is 1.36. The van der Waals surface area contributed by atoms with Crippen LogP contribution in [0.3, 0.4) is 0 Å². The molecule has 0 saturated carbocycles. The highest BCUT2D eigenvalue weighted by molar-refractivity contribution is 5.53. The molecule has 18 heavy (non-hydrogen) atoms. The first kappa shape index (κ1) is 12.6. The Labute approximate surface area is 106 Å². The lowest BCUT2D eigenvalue weighted by Crippen LogP contribution is -2.13. The number of anilines is 1. The maximum absolute atomic E-state index is 8.81. The summed E-state index contributed by atoms with van der Waals surface area (Å²) in [6.45, 7) is 2.97. The Morgan fingerprint density at radius 3 is 2.83 bits per heavy atom. The average molecular weight is 247 g/mol. The number of hydrogen-bond acceptors (Lipinski definition) is 5. The number of benzene rings is 1. The van der Waals surface area contributed by atoms with Gasteiger partial charge in [-0.05, 0) is 29.6 Å². The van der Waals surface area contributed by atoms with Gasteiger partial charge in [0.25, 0.3) is 11.8 Å². The Balaban J connectivity index is 1.95. The topological polar surface area (TPSA) is 71.2 Å². The minimum atomic E-state index is 0.199. The molecule has 1 aromatic carbocycles. The van der Waals surface area contributed by atoms with E-state index in [0.717, 1.165) is 12.0 Å². The summed E-state index contributed by atoms with van der Waals surface area (Å²) in [5, 5.41) is 15.8. The number of rotatable bonds is 6. The summed E-state index contributed by atoms with van der Waals surface area (Å²) in [4.78, 5) is 4.26. The Kier molecular flexibility index (Phi) is 4.30. The number of aliphatic hydroxyl groups excluding tert-OH is 1. The molecule has 2 rings (SSSR count). The van der Waals surface area contributed by atoms with E-state index in [-0.39, 0.29) is 6.61 Å². The maximum Gasteiger partial charge on any atom is 0.263 e. The van der Waals surface area contributed by atoms with Gasteiger partial charge in [0.15, 0.2) is 0 Å². The zero-order valence-corrected chi connectivity index (χ0v) is 10.3. The lowest BCUT2D eigenvalue weighted by molar-refractivity contribution is 0.265. The van der Waals surface area contributed by atoms with Gasteiger partial charge in [0, 0.05) is 18.7 Å². The summed E-state index contributed by atoms with van der Waals surface area (Å²) in [6, 6.07) is 9.64. The van der Waals surface area contributed by atoms with Crippen molar-refractivity contribution in [1.29, 1.82) is 0 Å². The number of nitrogens with zero attached hydrogens (tertiary/aromatic N) is 2. The molecule has 1 heterocycles. The molecule has 0 aliphatic rings. The fraction of sp³-hybridized carbons (Fsp3) is 0.385. The van der Waals surface area contributed by atoms with E-state index in [4.69, 9.17) is 9.63 Å². The summed E-state index contributed by atoms with van der Waals surface area (Å²) in [7, 11) is 0. The molecule has 0 aliphatic carbocycles. The molecular weight excluding hydrogens is 230 g/mol. The third-order valence-electron chi connectivity index (χ3n) is 2.68. The predicted molar refractivity (Wildman–Crippen MR) is 69.1 cm³/mol. The molecular formula is C13H17N3O2. The third-order valence-corrected chi connectivity index (χ3v) is 2.68. The SMILES string of the molecule is C[C@@H](CCO)CNc1noc(-c2ccccc2)n1. The van der Waals surface area contributed by atoms with Gasteiger partial charge in [-0.1, -0.05) is 25.1 Å². The van der Waals surface area contributed by atoms with Crippen molar-refractivity contribution >= 4 is 5.95 Å². The van der Waals surface area contributed by atoms with Crippen molar-refractivity contribution in [3.05, 3.63) is 30.3 Å². The van der Waals surface area contributed by atoms with Crippen LogP contribution in [0.2, 0.25) is 0 Å². The number of aliphatic hydroxyl groups is 1. The number of hydrogen-bond donors (Lipinski definition) is 2. The van der Waals surface area contributed by atoms with Crippen LogP contribution < -0.4 is 5.32 Å². The summed E-state index contributed by atoms with van der Waals surface area (Å²) < 4.78 is 5.17. The molecule has 0 unspecified atom stereocenters. The van der Waals surface area contributed by atoms with Crippen molar-refractivity contribution in [3.8, 4) is 11.5 Å². The van der Waals surface area contributed by atoms with E-state index in [1.807, 2.05) is 30.3 Å². The van der Waals surface area contributed by atoms with Gasteiger partial charge in [0.2, 0.25) is 0 Å². The lowest BCUT2D eigenvalue weighted by Gasteiger charge is -2.08. The van der Waals surface area contributed by atoms with Crippen molar-refractivity contribution in [3.63, 3.8) is 0 Å².